The molecule has 0 aliphatic heterocycles. The fourth-order valence-electron chi connectivity index (χ4n) is 8.54. The summed E-state index contributed by atoms with van der Waals surface area (Å²) in [6, 6.07) is 54.7. The van der Waals surface area contributed by atoms with E-state index in [-0.39, 0.29) is 0 Å². The second-order valence-electron chi connectivity index (χ2n) is 13.0. The highest BCUT2D eigenvalue weighted by atomic mass is 14.9. The van der Waals surface area contributed by atoms with Gasteiger partial charge in [0, 0.05) is 28.9 Å². The van der Waals surface area contributed by atoms with Gasteiger partial charge in [-0.25, -0.2) is 0 Å². The van der Waals surface area contributed by atoms with Crippen LogP contribution in [-0.2, 0) is 7.05 Å². The van der Waals surface area contributed by atoms with Gasteiger partial charge in [-0.3, -0.25) is 0 Å². The van der Waals surface area contributed by atoms with Crippen molar-refractivity contribution in [1.29, 1.82) is 0 Å². The maximum absolute atomic E-state index is 2.39. The first-order chi connectivity index (χ1) is 22.7. The fourth-order valence-corrected chi connectivity index (χ4v) is 8.54. The lowest BCUT2D eigenvalue weighted by Crippen LogP contribution is -1.90. The van der Waals surface area contributed by atoms with Gasteiger partial charge in [-0.1, -0.05) is 121 Å². The van der Waals surface area contributed by atoms with Crippen molar-refractivity contribution in [3.05, 3.63) is 146 Å². The van der Waals surface area contributed by atoms with Gasteiger partial charge in [0.1, 0.15) is 0 Å². The van der Waals surface area contributed by atoms with Crippen LogP contribution in [0.2, 0.25) is 0 Å². The number of aromatic nitrogens is 1. The van der Waals surface area contributed by atoms with Crippen molar-refractivity contribution in [3.63, 3.8) is 0 Å². The third-order valence-corrected chi connectivity index (χ3v) is 10.6. The molecule has 1 nitrogen and oxygen atoms in total. The van der Waals surface area contributed by atoms with Crippen LogP contribution in [0.15, 0.2) is 146 Å². The summed E-state index contributed by atoms with van der Waals surface area (Å²) in [5.74, 6) is 0. The number of hydrogen-bond acceptors (Lipinski definition) is 0. The number of nitrogens with zero attached hydrogens (tertiary/aromatic N) is 1. The van der Waals surface area contributed by atoms with Crippen LogP contribution in [0.5, 0.6) is 0 Å². The van der Waals surface area contributed by atoms with E-state index in [1.807, 2.05) is 0 Å². The largest absolute Gasteiger partial charge is 0.344 e. The van der Waals surface area contributed by atoms with Crippen LogP contribution in [0.3, 0.4) is 0 Å². The van der Waals surface area contributed by atoms with Gasteiger partial charge in [-0.15, -0.1) is 0 Å². The van der Waals surface area contributed by atoms with Gasteiger partial charge in [0.2, 0.25) is 0 Å². The summed E-state index contributed by atoms with van der Waals surface area (Å²) in [7, 11) is 2.22. The molecule has 0 spiro atoms. The monoisotopic (exact) mass is 581 g/mol. The zero-order chi connectivity index (χ0) is 30.1. The topological polar surface area (TPSA) is 4.93 Å². The molecule has 46 heavy (non-hydrogen) atoms. The van der Waals surface area contributed by atoms with E-state index in [9.17, 15) is 0 Å². The summed E-state index contributed by atoms with van der Waals surface area (Å²) < 4.78 is 2.38. The maximum atomic E-state index is 2.39. The van der Waals surface area contributed by atoms with E-state index in [1.54, 1.807) is 0 Å². The predicted molar refractivity (Wildman–Crippen MR) is 199 cm³/mol. The van der Waals surface area contributed by atoms with E-state index in [1.165, 1.54) is 109 Å². The minimum Gasteiger partial charge on any atom is -0.344 e. The van der Waals surface area contributed by atoms with Gasteiger partial charge in [-0.05, 0) is 111 Å². The minimum atomic E-state index is 1.25. The van der Waals surface area contributed by atoms with Crippen LogP contribution in [-0.4, -0.2) is 4.57 Å². The summed E-state index contributed by atoms with van der Waals surface area (Å²) in [5, 5.41) is 18.5. The van der Waals surface area contributed by atoms with Gasteiger partial charge in [0.25, 0.3) is 0 Å². The van der Waals surface area contributed by atoms with Crippen molar-refractivity contribution in [1.82, 2.24) is 4.57 Å². The highest BCUT2D eigenvalue weighted by molar-refractivity contribution is 6.28. The zero-order valence-corrected chi connectivity index (χ0v) is 25.3. The van der Waals surface area contributed by atoms with Crippen molar-refractivity contribution in [2.24, 2.45) is 7.05 Å². The van der Waals surface area contributed by atoms with Gasteiger partial charge in [-0.2, -0.15) is 0 Å². The van der Waals surface area contributed by atoms with Crippen LogP contribution in [0.4, 0.5) is 0 Å². The van der Waals surface area contributed by atoms with Crippen LogP contribution in [0, 0.1) is 0 Å². The molecule has 10 aromatic carbocycles. The highest BCUT2D eigenvalue weighted by Crippen LogP contribution is 2.44. The van der Waals surface area contributed by atoms with Crippen LogP contribution >= 0.6 is 0 Å². The standard InChI is InChI=1S/C45H27N/c1-46-40-24-30(38-22-32-10-2-6-26-14-16-28-8-4-12-36(38)44(28)42(26)32)18-20-34(40)35-21-19-31(25-41(35)46)39-23-33-11-3-7-27-15-17-29-9-5-13-37(39)45(29)43(27)33/h2-25H,1H3. The number of benzene rings is 10. The molecule has 1 heteroatoms. The lowest BCUT2D eigenvalue weighted by Gasteiger charge is -2.15. The molecule has 0 atom stereocenters. The van der Waals surface area contributed by atoms with E-state index >= 15 is 0 Å². The van der Waals surface area contributed by atoms with E-state index in [0.29, 0.717) is 0 Å². The molecule has 0 bridgehead atoms. The Kier molecular flexibility index (Phi) is 4.57. The Hall–Kier alpha value is -5.92. The molecule has 11 aromatic rings. The van der Waals surface area contributed by atoms with E-state index in [4.69, 9.17) is 0 Å². The van der Waals surface area contributed by atoms with E-state index in [2.05, 4.69) is 157 Å². The van der Waals surface area contributed by atoms with E-state index < -0.39 is 0 Å². The Morgan fingerprint density at radius 3 is 1.17 bits per heavy atom. The molecule has 0 radical (unpaired) electrons. The Labute approximate surface area is 265 Å². The van der Waals surface area contributed by atoms with E-state index in [0.717, 1.165) is 0 Å². The molecular weight excluding hydrogens is 555 g/mol. The zero-order valence-electron chi connectivity index (χ0n) is 25.3. The molecule has 212 valence electrons. The van der Waals surface area contributed by atoms with Gasteiger partial charge < -0.3 is 4.57 Å². The van der Waals surface area contributed by atoms with Crippen molar-refractivity contribution >= 4 is 86.4 Å². The summed E-state index contributed by atoms with van der Waals surface area (Å²) >= 11 is 0. The summed E-state index contributed by atoms with van der Waals surface area (Å²) in [6.07, 6.45) is 0. The lowest BCUT2D eigenvalue weighted by molar-refractivity contribution is 1.01. The Balaban J connectivity index is 1.14. The van der Waals surface area contributed by atoms with Gasteiger partial charge in [0.05, 0.1) is 0 Å². The quantitative estimate of drug-likeness (QED) is 0.179. The summed E-state index contributed by atoms with van der Waals surface area (Å²) in [4.78, 5) is 0. The van der Waals surface area contributed by atoms with Crippen molar-refractivity contribution in [2.45, 2.75) is 0 Å². The van der Waals surface area contributed by atoms with Crippen LogP contribution < -0.4 is 0 Å². The first-order valence-electron chi connectivity index (χ1n) is 16.1. The highest BCUT2D eigenvalue weighted by Gasteiger charge is 2.17. The predicted octanol–water partition coefficient (Wildman–Crippen LogP) is 12.5. The number of rotatable bonds is 2. The number of aryl methyl sites for hydroxylation is 1. The number of fused-ring (bicyclic) bond motifs is 3. The first kappa shape index (κ1) is 24.4. The molecular formula is C45H27N. The molecule has 1 heterocycles. The Morgan fingerprint density at radius 2 is 0.717 bits per heavy atom. The second kappa shape index (κ2) is 8.62. The Bertz CT molecular complexity index is 2820. The van der Waals surface area contributed by atoms with Crippen molar-refractivity contribution < 1.29 is 0 Å². The lowest BCUT2D eigenvalue weighted by atomic mass is 9.88. The normalized spacial score (nSPS) is 12.5. The molecule has 0 fully saturated rings. The molecule has 0 aliphatic rings. The average Bonchev–Trinajstić information content (AvgIpc) is 3.39. The molecule has 0 unspecified atom stereocenters. The summed E-state index contributed by atoms with van der Waals surface area (Å²) in [6.45, 7) is 0. The van der Waals surface area contributed by atoms with Gasteiger partial charge in [0.15, 0.2) is 0 Å². The second-order valence-corrected chi connectivity index (χ2v) is 13.0. The van der Waals surface area contributed by atoms with Crippen molar-refractivity contribution in [3.8, 4) is 22.3 Å². The smallest absolute Gasteiger partial charge is 0.0494 e. The molecule has 0 saturated carbocycles. The average molecular weight is 582 g/mol. The number of hydrogen-bond donors (Lipinski definition) is 0. The first-order valence-corrected chi connectivity index (χ1v) is 16.1. The minimum absolute atomic E-state index is 1.25. The maximum Gasteiger partial charge on any atom is 0.0494 e. The molecule has 1 aromatic heterocycles. The third-order valence-electron chi connectivity index (χ3n) is 10.6. The molecule has 0 amide bonds. The van der Waals surface area contributed by atoms with Crippen LogP contribution in [0.25, 0.3) is 109 Å². The fraction of sp³-hybridized carbons (Fsp3) is 0.0222. The third kappa shape index (κ3) is 3.09. The Morgan fingerprint density at radius 1 is 0.326 bits per heavy atom. The molecule has 0 aliphatic carbocycles. The molecule has 11 rings (SSSR count). The molecule has 0 saturated heterocycles. The van der Waals surface area contributed by atoms with Crippen LogP contribution in [0.1, 0.15) is 0 Å². The SMILES string of the molecule is Cn1c2cc(-c3cc4cccc5ccc6cccc3c6c54)ccc2c2ccc(-c3cc4cccc5ccc6cccc3c6c54)cc21. The van der Waals surface area contributed by atoms with Crippen molar-refractivity contribution in [2.75, 3.05) is 0 Å². The van der Waals surface area contributed by atoms with Gasteiger partial charge >= 0.3 is 0 Å². The summed E-state index contributed by atoms with van der Waals surface area (Å²) in [5.41, 5.74) is 7.60. The molecule has 0 N–H and O–H groups in total.